The Morgan fingerprint density at radius 3 is 2.74 bits per heavy atom. The molecule has 0 aromatic carbocycles. The number of pyridine rings is 1. The second kappa shape index (κ2) is 6.24. The molecule has 2 aliphatic rings. The number of aromatic nitrogens is 2. The van der Waals surface area contributed by atoms with Gasteiger partial charge in [0.15, 0.2) is 0 Å². The molecule has 4 heterocycles. The van der Waals surface area contributed by atoms with Crippen LogP contribution in [0, 0.1) is 19.8 Å². The molecule has 2 atom stereocenters. The number of nitrogens with zero attached hydrogens (tertiary/aromatic N) is 4. The zero-order chi connectivity index (χ0) is 19.3. The van der Waals surface area contributed by atoms with Crippen LogP contribution in [-0.4, -0.2) is 46.6 Å². The van der Waals surface area contributed by atoms with Crippen molar-refractivity contribution in [2.75, 3.05) is 24.5 Å². The topological polar surface area (TPSA) is 62.5 Å². The van der Waals surface area contributed by atoms with Crippen molar-refractivity contribution < 1.29 is 22.5 Å². The first kappa shape index (κ1) is 17.8. The lowest BCUT2D eigenvalue weighted by atomic mass is 10.0. The summed E-state index contributed by atoms with van der Waals surface area (Å²) in [5.41, 5.74) is 0.315. The molecule has 0 saturated carbocycles. The van der Waals surface area contributed by atoms with Crippen LogP contribution in [0.3, 0.4) is 0 Å². The third-order valence-electron chi connectivity index (χ3n) is 5.45. The lowest BCUT2D eigenvalue weighted by molar-refractivity contribution is -0.137. The van der Waals surface area contributed by atoms with Crippen molar-refractivity contribution in [3.8, 4) is 0 Å². The Morgan fingerprint density at radius 2 is 2.07 bits per heavy atom. The van der Waals surface area contributed by atoms with E-state index in [9.17, 15) is 18.0 Å². The highest BCUT2D eigenvalue weighted by molar-refractivity contribution is 5.96. The Bertz CT molecular complexity index is 860. The van der Waals surface area contributed by atoms with Crippen molar-refractivity contribution in [1.29, 1.82) is 0 Å². The van der Waals surface area contributed by atoms with Crippen molar-refractivity contribution >= 4 is 11.7 Å². The van der Waals surface area contributed by atoms with E-state index in [1.165, 1.54) is 6.20 Å². The molecular weight excluding hydrogens is 361 g/mol. The highest BCUT2D eigenvalue weighted by Gasteiger charge is 2.45. The number of aryl methyl sites for hydroxylation is 2. The molecule has 2 aromatic heterocycles. The first-order valence-corrected chi connectivity index (χ1v) is 8.77. The average Bonchev–Trinajstić information content (AvgIpc) is 3.28. The Hall–Kier alpha value is -2.58. The standard InChI is InChI=1S/C18H19F3N4O2/c1-10-16(11(2)27-23-10)17(26)25-6-4-12-8-24(9-14(12)25)15-7-13(3-5-22-15)18(19,20)21/h3,5,7,12,14H,4,6,8-9H2,1-2H3. The maximum absolute atomic E-state index is 13.0. The second-order valence-electron chi connectivity index (χ2n) is 7.12. The van der Waals surface area contributed by atoms with Gasteiger partial charge in [0, 0.05) is 31.7 Å². The number of carbonyl (C=O) groups excluding carboxylic acids is 1. The minimum absolute atomic E-state index is 0.0532. The number of halogens is 3. The number of likely N-dealkylation sites (tertiary alicyclic amines) is 1. The van der Waals surface area contributed by atoms with Crippen LogP contribution in [-0.2, 0) is 6.18 Å². The van der Waals surface area contributed by atoms with Gasteiger partial charge in [0.1, 0.15) is 17.1 Å². The van der Waals surface area contributed by atoms with Gasteiger partial charge in [-0.1, -0.05) is 5.16 Å². The van der Waals surface area contributed by atoms with E-state index in [0.717, 1.165) is 18.6 Å². The molecule has 2 unspecified atom stereocenters. The van der Waals surface area contributed by atoms with E-state index in [0.29, 0.717) is 42.5 Å². The smallest absolute Gasteiger partial charge is 0.361 e. The van der Waals surface area contributed by atoms with Gasteiger partial charge in [0.05, 0.1) is 17.3 Å². The number of fused-ring (bicyclic) bond motifs is 1. The SMILES string of the molecule is Cc1noc(C)c1C(=O)N1CCC2CN(c3cc(C(F)(F)F)ccn3)CC21. The summed E-state index contributed by atoms with van der Waals surface area (Å²) in [6.45, 7) is 5.11. The number of alkyl halides is 3. The summed E-state index contributed by atoms with van der Waals surface area (Å²) >= 11 is 0. The minimum Gasteiger partial charge on any atom is -0.361 e. The fourth-order valence-electron chi connectivity index (χ4n) is 4.10. The summed E-state index contributed by atoms with van der Waals surface area (Å²) in [6, 6.07) is 1.98. The van der Waals surface area contributed by atoms with Crippen LogP contribution in [0.4, 0.5) is 19.0 Å². The summed E-state index contributed by atoms with van der Waals surface area (Å²) in [7, 11) is 0. The van der Waals surface area contributed by atoms with Gasteiger partial charge in [-0.25, -0.2) is 4.98 Å². The number of hydrogen-bond donors (Lipinski definition) is 0. The minimum atomic E-state index is -4.40. The molecule has 0 bridgehead atoms. The van der Waals surface area contributed by atoms with Crippen molar-refractivity contribution in [3.05, 3.63) is 40.9 Å². The molecule has 2 aliphatic heterocycles. The van der Waals surface area contributed by atoms with Crippen LogP contribution < -0.4 is 4.90 Å². The zero-order valence-electron chi connectivity index (χ0n) is 15.0. The van der Waals surface area contributed by atoms with E-state index >= 15 is 0 Å². The monoisotopic (exact) mass is 380 g/mol. The van der Waals surface area contributed by atoms with E-state index in [2.05, 4.69) is 10.1 Å². The van der Waals surface area contributed by atoms with Crippen molar-refractivity contribution in [2.24, 2.45) is 5.92 Å². The molecule has 2 fully saturated rings. The van der Waals surface area contributed by atoms with Gasteiger partial charge in [0.25, 0.3) is 5.91 Å². The fourth-order valence-corrected chi connectivity index (χ4v) is 4.10. The van der Waals surface area contributed by atoms with Gasteiger partial charge < -0.3 is 14.3 Å². The normalized spacial score (nSPS) is 22.4. The van der Waals surface area contributed by atoms with Crippen molar-refractivity contribution in [1.82, 2.24) is 15.0 Å². The van der Waals surface area contributed by atoms with Gasteiger partial charge in [-0.2, -0.15) is 13.2 Å². The van der Waals surface area contributed by atoms with Crippen LogP contribution in [0.1, 0.15) is 33.8 Å². The summed E-state index contributed by atoms with van der Waals surface area (Å²) in [5.74, 6) is 0.864. The van der Waals surface area contributed by atoms with Gasteiger partial charge >= 0.3 is 6.18 Å². The van der Waals surface area contributed by atoms with E-state index in [-0.39, 0.29) is 17.9 Å². The Labute approximate surface area is 153 Å². The third kappa shape index (κ3) is 3.04. The lowest BCUT2D eigenvalue weighted by Crippen LogP contribution is -2.40. The molecule has 6 nitrogen and oxygen atoms in total. The molecule has 0 spiro atoms. The molecular formula is C18H19F3N4O2. The maximum Gasteiger partial charge on any atom is 0.416 e. The van der Waals surface area contributed by atoms with Crippen molar-refractivity contribution in [3.63, 3.8) is 0 Å². The first-order chi connectivity index (χ1) is 12.8. The Kier molecular flexibility index (Phi) is 4.12. The molecule has 144 valence electrons. The third-order valence-corrected chi connectivity index (χ3v) is 5.45. The van der Waals surface area contributed by atoms with Gasteiger partial charge in [-0.3, -0.25) is 4.79 Å². The molecule has 2 aromatic rings. The molecule has 27 heavy (non-hydrogen) atoms. The summed E-state index contributed by atoms with van der Waals surface area (Å²) < 4.78 is 44.0. The summed E-state index contributed by atoms with van der Waals surface area (Å²) in [4.78, 5) is 20.7. The molecule has 2 saturated heterocycles. The molecule has 9 heteroatoms. The Balaban J connectivity index is 1.55. The van der Waals surface area contributed by atoms with Crippen LogP contribution in [0.2, 0.25) is 0 Å². The highest BCUT2D eigenvalue weighted by atomic mass is 19.4. The number of anilines is 1. The van der Waals surface area contributed by atoms with E-state index in [4.69, 9.17) is 4.52 Å². The quantitative estimate of drug-likeness (QED) is 0.801. The van der Waals surface area contributed by atoms with Crippen LogP contribution in [0.15, 0.2) is 22.9 Å². The van der Waals surface area contributed by atoms with E-state index in [1.54, 1.807) is 18.7 Å². The molecule has 0 N–H and O–H groups in total. The number of rotatable bonds is 2. The van der Waals surface area contributed by atoms with Crippen LogP contribution in [0.5, 0.6) is 0 Å². The molecule has 0 aliphatic carbocycles. The summed E-state index contributed by atoms with van der Waals surface area (Å²) in [5, 5.41) is 3.84. The number of carbonyl (C=O) groups is 1. The predicted molar refractivity (Wildman–Crippen MR) is 90.4 cm³/mol. The van der Waals surface area contributed by atoms with Gasteiger partial charge in [0.2, 0.25) is 0 Å². The lowest BCUT2D eigenvalue weighted by Gasteiger charge is -2.25. The maximum atomic E-state index is 13.0. The number of amides is 1. The van der Waals surface area contributed by atoms with Gasteiger partial charge in [-0.05, 0) is 32.4 Å². The Morgan fingerprint density at radius 1 is 1.30 bits per heavy atom. The van der Waals surface area contributed by atoms with E-state index < -0.39 is 11.7 Å². The predicted octanol–water partition coefficient (Wildman–Crippen LogP) is 3.06. The molecule has 1 amide bonds. The second-order valence-corrected chi connectivity index (χ2v) is 7.12. The van der Waals surface area contributed by atoms with Crippen LogP contribution in [0.25, 0.3) is 0 Å². The van der Waals surface area contributed by atoms with Crippen molar-refractivity contribution in [2.45, 2.75) is 32.5 Å². The van der Waals surface area contributed by atoms with E-state index in [1.807, 2.05) is 4.90 Å². The van der Waals surface area contributed by atoms with Crippen LogP contribution >= 0.6 is 0 Å². The average molecular weight is 380 g/mol. The summed E-state index contributed by atoms with van der Waals surface area (Å²) in [6.07, 6.45) is -2.41. The molecule has 0 radical (unpaired) electrons. The first-order valence-electron chi connectivity index (χ1n) is 8.77. The molecule has 4 rings (SSSR count). The van der Waals surface area contributed by atoms with Gasteiger partial charge in [-0.15, -0.1) is 0 Å². The zero-order valence-corrected chi connectivity index (χ0v) is 15.0. The highest BCUT2D eigenvalue weighted by Crippen LogP contribution is 2.36. The largest absolute Gasteiger partial charge is 0.416 e. The fraction of sp³-hybridized carbons (Fsp3) is 0.500. The number of hydrogen-bond acceptors (Lipinski definition) is 5.